The van der Waals surface area contributed by atoms with E-state index < -0.39 is 0 Å². The summed E-state index contributed by atoms with van der Waals surface area (Å²) >= 11 is 6.23. The van der Waals surface area contributed by atoms with Crippen LogP contribution in [0.15, 0.2) is 36.7 Å². The number of carbonyl (C=O) groups excluding carboxylic acids is 1. The van der Waals surface area contributed by atoms with Gasteiger partial charge in [-0.2, -0.15) is 0 Å². The maximum atomic E-state index is 11.9. The lowest BCUT2D eigenvalue weighted by atomic mass is 10.1. The highest BCUT2D eigenvalue weighted by molar-refractivity contribution is 6.32. The SMILES string of the molecule is CNCCc1[nH]c(-c2ccncc2O)c(Nc2cccc(Cl)c2OC)c1C=O. The zero-order valence-electron chi connectivity index (χ0n) is 15.5. The summed E-state index contributed by atoms with van der Waals surface area (Å²) < 4.78 is 5.40. The Labute approximate surface area is 167 Å². The van der Waals surface area contributed by atoms with E-state index in [4.69, 9.17) is 16.3 Å². The summed E-state index contributed by atoms with van der Waals surface area (Å²) in [4.78, 5) is 19.1. The number of hydrogen-bond donors (Lipinski definition) is 4. The molecule has 0 aliphatic rings. The molecule has 0 unspecified atom stereocenters. The lowest BCUT2D eigenvalue weighted by Gasteiger charge is -2.14. The first kappa shape index (κ1) is 19.7. The predicted molar refractivity (Wildman–Crippen MR) is 110 cm³/mol. The molecule has 1 aromatic carbocycles. The van der Waals surface area contributed by atoms with Crippen LogP contribution in [0.25, 0.3) is 11.3 Å². The molecule has 2 aromatic heterocycles. The van der Waals surface area contributed by atoms with E-state index in [-0.39, 0.29) is 5.75 Å². The molecule has 0 saturated heterocycles. The monoisotopic (exact) mass is 400 g/mol. The van der Waals surface area contributed by atoms with Gasteiger partial charge in [0.05, 0.1) is 41.0 Å². The molecule has 0 saturated carbocycles. The van der Waals surface area contributed by atoms with E-state index in [2.05, 4.69) is 20.6 Å². The molecule has 146 valence electrons. The zero-order valence-corrected chi connectivity index (χ0v) is 16.3. The van der Waals surface area contributed by atoms with Gasteiger partial charge in [-0.25, -0.2) is 0 Å². The summed E-state index contributed by atoms with van der Waals surface area (Å²) in [6.07, 6.45) is 4.33. The van der Waals surface area contributed by atoms with Gasteiger partial charge in [0.1, 0.15) is 5.75 Å². The van der Waals surface area contributed by atoms with Crippen molar-refractivity contribution in [1.82, 2.24) is 15.3 Å². The Morgan fingerprint density at radius 3 is 2.86 bits per heavy atom. The van der Waals surface area contributed by atoms with Gasteiger partial charge in [0, 0.05) is 30.4 Å². The Morgan fingerprint density at radius 2 is 2.18 bits per heavy atom. The number of aldehydes is 1. The van der Waals surface area contributed by atoms with Gasteiger partial charge in [-0.1, -0.05) is 17.7 Å². The van der Waals surface area contributed by atoms with Crippen LogP contribution in [0.5, 0.6) is 11.5 Å². The Kier molecular flexibility index (Phi) is 6.18. The van der Waals surface area contributed by atoms with Crippen LogP contribution in [0.1, 0.15) is 16.1 Å². The molecule has 8 heteroatoms. The van der Waals surface area contributed by atoms with Gasteiger partial charge in [-0.3, -0.25) is 9.78 Å². The minimum atomic E-state index is 0.00229. The van der Waals surface area contributed by atoms with Crippen LogP contribution in [-0.2, 0) is 6.42 Å². The average Bonchev–Trinajstić information content (AvgIpc) is 3.04. The van der Waals surface area contributed by atoms with E-state index in [0.717, 1.165) is 12.0 Å². The quantitative estimate of drug-likeness (QED) is 0.430. The lowest BCUT2D eigenvalue weighted by Crippen LogP contribution is -2.11. The van der Waals surface area contributed by atoms with Gasteiger partial charge in [0.15, 0.2) is 12.0 Å². The second kappa shape index (κ2) is 8.77. The number of H-pyrrole nitrogens is 1. The van der Waals surface area contributed by atoms with Crippen LogP contribution in [-0.4, -0.2) is 42.1 Å². The summed E-state index contributed by atoms with van der Waals surface area (Å²) in [5.41, 5.74) is 3.46. The molecule has 0 fully saturated rings. The minimum absolute atomic E-state index is 0.00229. The third kappa shape index (κ3) is 3.81. The van der Waals surface area contributed by atoms with Crippen LogP contribution < -0.4 is 15.4 Å². The van der Waals surface area contributed by atoms with E-state index >= 15 is 0 Å². The van der Waals surface area contributed by atoms with E-state index in [1.807, 2.05) is 7.05 Å². The maximum Gasteiger partial charge on any atom is 0.160 e. The topological polar surface area (TPSA) is 99.3 Å². The molecule has 2 heterocycles. The molecule has 0 atom stereocenters. The van der Waals surface area contributed by atoms with Crippen molar-refractivity contribution < 1.29 is 14.6 Å². The lowest BCUT2D eigenvalue weighted by molar-refractivity contribution is 0.112. The van der Waals surface area contributed by atoms with Gasteiger partial charge in [0.25, 0.3) is 0 Å². The van der Waals surface area contributed by atoms with E-state index in [9.17, 15) is 9.90 Å². The fraction of sp³-hybridized carbons (Fsp3) is 0.200. The number of hydrogen-bond acceptors (Lipinski definition) is 6. The molecule has 0 radical (unpaired) electrons. The Hall–Kier alpha value is -3.03. The van der Waals surface area contributed by atoms with Crippen LogP contribution >= 0.6 is 11.6 Å². The molecule has 0 aliphatic carbocycles. The van der Waals surface area contributed by atoms with Crippen molar-refractivity contribution in [2.75, 3.05) is 26.0 Å². The van der Waals surface area contributed by atoms with Gasteiger partial charge in [0.2, 0.25) is 0 Å². The third-order valence-corrected chi connectivity index (χ3v) is 4.66. The third-order valence-electron chi connectivity index (χ3n) is 4.36. The standard InChI is InChI=1S/C20H21ClN4O3/c1-22-8-7-15-13(11-26)19(18(24-15)12-6-9-23-10-17(12)27)25-16-5-3-4-14(21)20(16)28-2/h3-6,9-11,22,24-25,27H,7-8H2,1-2H3. The van der Waals surface area contributed by atoms with Crippen molar-refractivity contribution in [2.45, 2.75) is 6.42 Å². The minimum Gasteiger partial charge on any atom is -0.506 e. The fourth-order valence-electron chi connectivity index (χ4n) is 3.02. The number of aromatic hydroxyl groups is 1. The highest BCUT2D eigenvalue weighted by atomic mass is 35.5. The van der Waals surface area contributed by atoms with Crippen molar-refractivity contribution in [3.05, 3.63) is 52.9 Å². The Balaban J connectivity index is 2.18. The summed E-state index contributed by atoms with van der Waals surface area (Å²) in [7, 11) is 3.37. The number of aromatic amines is 1. The largest absolute Gasteiger partial charge is 0.506 e. The maximum absolute atomic E-state index is 11.9. The number of pyridine rings is 1. The molecule has 7 nitrogen and oxygen atoms in total. The summed E-state index contributed by atoms with van der Waals surface area (Å²) in [5.74, 6) is 0.464. The number of anilines is 2. The molecular formula is C20H21ClN4O3. The highest BCUT2D eigenvalue weighted by Gasteiger charge is 2.21. The van der Waals surface area contributed by atoms with Crippen LogP contribution in [0.2, 0.25) is 5.02 Å². The van der Waals surface area contributed by atoms with Crippen molar-refractivity contribution in [3.8, 4) is 22.8 Å². The van der Waals surface area contributed by atoms with Crippen molar-refractivity contribution in [2.24, 2.45) is 0 Å². The number of aromatic nitrogens is 2. The van der Waals surface area contributed by atoms with Gasteiger partial charge < -0.3 is 25.5 Å². The van der Waals surface area contributed by atoms with Crippen molar-refractivity contribution in [1.29, 1.82) is 0 Å². The van der Waals surface area contributed by atoms with E-state index in [0.29, 0.717) is 51.9 Å². The number of methoxy groups -OCH3 is 1. The predicted octanol–water partition coefficient (Wildman–Crippen LogP) is 3.76. The van der Waals surface area contributed by atoms with Gasteiger partial charge >= 0.3 is 0 Å². The molecule has 3 aromatic rings. The number of benzene rings is 1. The number of ether oxygens (including phenoxy) is 1. The van der Waals surface area contributed by atoms with E-state index in [1.54, 1.807) is 30.5 Å². The van der Waals surface area contributed by atoms with Crippen LogP contribution in [0.4, 0.5) is 11.4 Å². The number of carbonyl (C=O) groups is 1. The second-order valence-electron chi connectivity index (χ2n) is 6.08. The molecule has 3 rings (SSSR count). The summed E-state index contributed by atoms with van der Waals surface area (Å²) in [5, 5.41) is 17.1. The normalized spacial score (nSPS) is 10.7. The first-order valence-electron chi connectivity index (χ1n) is 8.68. The van der Waals surface area contributed by atoms with Gasteiger partial charge in [-0.15, -0.1) is 0 Å². The number of halogens is 1. The smallest absolute Gasteiger partial charge is 0.160 e. The van der Waals surface area contributed by atoms with Crippen molar-refractivity contribution in [3.63, 3.8) is 0 Å². The number of para-hydroxylation sites is 1. The first-order chi connectivity index (χ1) is 13.6. The zero-order chi connectivity index (χ0) is 20.1. The summed E-state index contributed by atoms with van der Waals surface area (Å²) in [6.45, 7) is 0.684. The second-order valence-corrected chi connectivity index (χ2v) is 6.48. The molecule has 0 bridgehead atoms. The molecule has 0 amide bonds. The highest BCUT2D eigenvalue weighted by Crippen LogP contribution is 2.41. The average molecular weight is 401 g/mol. The number of nitrogens with zero attached hydrogens (tertiary/aromatic N) is 1. The molecule has 0 spiro atoms. The van der Waals surface area contributed by atoms with Crippen molar-refractivity contribution >= 4 is 29.3 Å². The van der Waals surface area contributed by atoms with Crippen LogP contribution in [0.3, 0.4) is 0 Å². The molecular weight excluding hydrogens is 380 g/mol. The van der Waals surface area contributed by atoms with E-state index in [1.165, 1.54) is 13.3 Å². The summed E-state index contributed by atoms with van der Waals surface area (Å²) in [6, 6.07) is 6.98. The Bertz CT molecular complexity index is 988. The number of likely N-dealkylation sites (N-methyl/N-ethyl adjacent to an activating group) is 1. The molecule has 0 aliphatic heterocycles. The molecule has 28 heavy (non-hydrogen) atoms. The first-order valence-corrected chi connectivity index (χ1v) is 9.06. The fourth-order valence-corrected chi connectivity index (χ4v) is 3.27. The molecule has 4 N–H and O–H groups in total. The van der Waals surface area contributed by atoms with Gasteiger partial charge in [-0.05, 0) is 25.2 Å². The number of nitrogens with one attached hydrogen (secondary N) is 3. The number of rotatable bonds is 8. The Morgan fingerprint density at radius 1 is 1.36 bits per heavy atom. The van der Waals surface area contributed by atoms with Crippen LogP contribution in [0, 0.1) is 0 Å².